The summed E-state index contributed by atoms with van der Waals surface area (Å²) in [5.41, 5.74) is 2.13. The molecule has 0 amide bonds. The molecule has 6 nitrogen and oxygen atoms in total. The van der Waals surface area contributed by atoms with Crippen LogP contribution in [0.25, 0.3) is 11.3 Å². The Kier molecular flexibility index (Phi) is 4.92. The van der Waals surface area contributed by atoms with Gasteiger partial charge in [-0.15, -0.1) is 10.2 Å². The van der Waals surface area contributed by atoms with Gasteiger partial charge in [0.05, 0.1) is 25.4 Å². The largest absolute Gasteiger partial charge is 0.507 e. The first-order chi connectivity index (χ1) is 13.0. The lowest BCUT2D eigenvalue weighted by atomic mass is 9.92. The van der Waals surface area contributed by atoms with E-state index in [1.54, 1.807) is 0 Å². The number of benzene rings is 1. The van der Waals surface area contributed by atoms with Crippen LogP contribution in [0.3, 0.4) is 0 Å². The molecule has 1 aromatic heterocycles. The van der Waals surface area contributed by atoms with Crippen molar-refractivity contribution in [2.24, 2.45) is 0 Å². The first-order valence-electron chi connectivity index (χ1n) is 9.07. The van der Waals surface area contributed by atoms with Gasteiger partial charge in [0.25, 0.3) is 6.43 Å². The topological polar surface area (TPSA) is 87.5 Å². The molecule has 1 aromatic carbocycles. The minimum absolute atomic E-state index is 0.0812. The standard InChI is InChI=1S/C19H21F2N3O3/c20-18(21)10-5-6-11(16(26)7-10)17-12-8-27-9-13(12)19(24-23-17)22-14-3-1-2-4-15(14)25/h5-7,14-15,18,25-26H,1-4,8-9H2,(H,22,24)/t14-,15-/m1/s1. The van der Waals surface area contributed by atoms with E-state index in [0.29, 0.717) is 30.3 Å². The maximum Gasteiger partial charge on any atom is 0.263 e. The van der Waals surface area contributed by atoms with Gasteiger partial charge >= 0.3 is 0 Å². The van der Waals surface area contributed by atoms with E-state index in [1.807, 2.05) is 0 Å². The molecular weight excluding hydrogens is 356 g/mol. The van der Waals surface area contributed by atoms with Crippen molar-refractivity contribution >= 4 is 5.82 Å². The van der Waals surface area contributed by atoms with Gasteiger partial charge in [0, 0.05) is 22.3 Å². The van der Waals surface area contributed by atoms with Gasteiger partial charge in [-0.3, -0.25) is 0 Å². The molecule has 1 aliphatic heterocycles. The van der Waals surface area contributed by atoms with Gasteiger partial charge in [-0.25, -0.2) is 8.78 Å². The number of fused-ring (bicyclic) bond motifs is 1. The summed E-state index contributed by atoms with van der Waals surface area (Å²) < 4.78 is 31.2. The molecule has 0 spiro atoms. The fourth-order valence-electron chi connectivity index (χ4n) is 3.74. The molecule has 2 heterocycles. The van der Waals surface area contributed by atoms with E-state index in [0.717, 1.165) is 42.9 Å². The summed E-state index contributed by atoms with van der Waals surface area (Å²) in [6.07, 6.45) is 0.591. The molecule has 3 N–H and O–H groups in total. The number of anilines is 1. The molecule has 0 radical (unpaired) electrons. The van der Waals surface area contributed by atoms with Crippen LogP contribution in [0.15, 0.2) is 18.2 Å². The van der Waals surface area contributed by atoms with Crippen molar-refractivity contribution in [3.63, 3.8) is 0 Å². The number of hydrogen-bond acceptors (Lipinski definition) is 6. The average molecular weight is 377 g/mol. The highest BCUT2D eigenvalue weighted by atomic mass is 19.3. The Balaban J connectivity index is 1.67. The Morgan fingerprint density at radius 1 is 1.11 bits per heavy atom. The van der Waals surface area contributed by atoms with Gasteiger partial charge in [-0.1, -0.05) is 18.9 Å². The third-order valence-corrected chi connectivity index (χ3v) is 5.26. The van der Waals surface area contributed by atoms with E-state index in [4.69, 9.17) is 4.74 Å². The first kappa shape index (κ1) is 18.1. The molecule has 2 aliphatic rings. The maximum atomic E-state index is 12.8. The van der Waals surface area contributed by atoms with Crippen LogP contribution < -0.4 is 5.32 Å². The molecule has 0 bridgehead atoms. The van der Waals surface area contributed by atoms with Crippen LogP contribution in [0.1, 0.15) is 48.8 Å². The number of aliphatic hydroxyl groups is 1. The molecule has 1 fully saturated rings. The highest BCUT2D eigenvalue weighted by molar-refractivity contribution is 5.73. The van der Waals surface area contributed by atoms with Crippen molar-refractivity contribution in [2.75, 3.05) is 5.32 Å². The number of rotatable bonds is 4. The van der Waals surface area contributed by atoms with Crippen LogP contribution in [0.2, 0.25) is 0 Å². The number of alkyl halides is 2. The van der Waals surface area contributed by atoms with Gasteiger partial charge in [0.2, 0.25) is 0 Å². The summed E-state index contributed by atoms with van der Waals surface area (Å²) in [5, 5.41) is 32.1. The lowest BCUT2D eigenvalue weighted by molar-refractivity contribution is 0.116. The van der Waals surface area contributed by atoms with Crippen molar-refractivity contribution in [3.8, 4) is 17.0 Å². The van der Waals surface area contributed by atoms with E-state index in [2.05, 4.69) is 15.5 Å². The number of ether oxygens (including phenoxy) is 1. The number of phenolic OH excluding ortho intramolecular Hbond substituents is 1. The molecule has 0 unspecified atom stereocenters. The number of halogens is 2. The number of hydrogen-bond donors (Lipinski definition) is 3. The van der Waals surface area contributed by atoms with Gasteiger partial charge in [-0.05, 0) is 25.0 Å². The third kappa shape index (κ3) is 3.46. The second-order valence-corrected chi connectivity index (χ2v) is 7.03. The molecule has 0 saturated heterocycles. The Bertz CT molecular complexity index is 847. The predicted molar refractivity (Wildman–Crippen MR) is 94.5 cm³/mol. The molecule has 144 valence electrons. The predicted octanol–water partition coefficient (Wildman–Crippen LogP) is 3.53. The Labute approximate surface area is 155 Å². The normalized spacial score (nSPS) is 22.1. The lowest BCUT2D eigenvalue weighted by Crippen LogP contribution is -2.37. The minimum atomic E-state index is -2.65. The zero-order chi connectivity index (χ0) is 19.0. The quantitative estimate of drug-likeness (QED) is 0.756. The molecule has 1 saturated carbocycles. The molecule has 27 heavy (non-hydrogen) atoms. The van der Waals surface area contributed by atoms with E-state index in [-0.39, 0.29) is 17.4 Å². The number of phenols is 1. The second-order valence-electron chi connectivity index (χ2n) is 7.03. The summed E-state index contributed by atoms with van der Waals surface area (Å²) in [7, 11) is 0. The molecule has 2 aromatic rings. The molecular formula is C19H21F2N3O3. The Hall–Kier alpha value is -2.32. The molecule has 1 aliphatic carbocycles. The lowest BCUT2D eigenvalue weighted by Gasteiger charge is -2.29. The van der Waals surface area contributed by atoms with Crippen LogP contribution in [-0.2, 0) is 18.0 Å². The zero-order valence-electron chi connectivity index (χ0n) is 14.7. The van der Waals surface area contributed by atoms with Crippen LogP contribution in [-0.4, -0.2) is 32.6 Å². The number of aromatic nitrogens is 2. The summed E-state index contributed by atoms with van der Waals surface area (Å²) >= 11 is 0. The van der Waals surface area contributed by atoms with E-state index in [1.165, 1.54) is 12.1 Å². The number of nitrogens with zero attached hydrogens (tertiary/aromatic N) is 2. The van der Waals surface area contributed by atoms with Crippen molar-refractivity contribution in [2.45, 2.75) is 57.5 Å². The highest BCUT2D eigenvalue weighted by Crippen LogP contribution is 2.38. The van der Waals surface area contributed by atoms with Gasteiger partial charge in [0.15, 0.2) is 5.82 Å². The van der Waals surface area contributed by atoms with Crippen LogP contribution in [0.4, 0.5) is 14.6 Å². The monoisotopic (exact) mass is 377 g/mol. The first-order valence-corrected chi connectivity index (χ1v) is 9.07. The number of aliphatic hydroxyl groups excluding tert-OH is 1. The fraction of sp³-hybridized carbons (Fsp3) is 0.474. The smallest absolute Gasteiger partial charge is 0.263 e. The zero-order valence-corrected chi connectivity index (χ0v) is 14.7. The van der Waals surface area contributed by atoms with Crippen molar-refractivity contribution in [3.05, 3.63) is 34.9 Å². The van der Waals surface area contributed by atoms with Crippen molar-refractivity contribution in [1.82, 2.24) is 10.2 Å². The summed E-state index contributed by atoms with van der Waals surface area (Å²) in [4.78, 5) is 0. The third-order valence-electron chi connectivity index (χ3n) is 5.26. The molecule has 4 rings (SSSR count). The molecule has 8 heteroatoms. The van der Waals surface area contributed by atoms with E-state index in [9.17, 15) is 19.0 Å². The summed E-state index contributed by atoms with van der Waals surface area (Å²) in [5.74, 6) is 0.306. The summed E-state index contributed by atoms with van der Waals surface area (Å²) in [6.45, 7) is 0.650. The minimum Gasteiger partial charge on any atom is -0.507 e. The van der Waals surface area contributed by atoms with Crippen molar-refractivity contribution < 1.29 is 23.7 Å². The summed E-state index contributed by atoms with van der Waals surface area (Å²) in [6, 6.07) is 3.67. The number of aromatic hydroxyl groups is 1. The maximum absolute atomic E-state index is 12.8. The van der Waals surface area contributed by atoms with Crippen LogP contribution >= 0.6 is 0 Å². The average Bonchev–Trinajstić information content (AvgIpc) is 3.14. The van der Waals surface area contributed by atoms with Gasteiger partial charge in [0.1, 0.15) is 11.4 Å². The van der Waals surface area contributed by atoms with Gasteiger partial charge < -0.3 is 20.3 Å². The highest BCUT2D eigenvalue weighted by Gasteiger charge is 2.28. The Morgan fingerprint density at radius 3 is 2.63 bits per heavy atom. The van der Waals surface area contributed by atoms with E-state index < -0.39 is 12.5 Å². The number of nitrogens with one attached hydrogen (secondary N) is 1. The van der Waals surface area contributed by atoms with Crippen molar-refractivity contribution in [1.29, 1.82) is 0 Å². The Morgan fingerprint density at radius 2 is 1.89 bits per heavy atom. The van der Waals surface area contributed by atoms with Gasteiger partial charge in [-0.2, -0.15) is 0 Å². The van der Waals surface area contributed by atoms with E-state index >= 15 is 0 Å². The van der Waals surface area contributed by atoms with Crippen LogP contribution in [0, 0.1) is 0 Å². The second kappa shape index (κ2) is 7.36. The van der Waals surface area contributed by atoms with Crippen LogP contribution in [0.5, 0.6) is 5.75 Å². The SMILES string of the molecule is Oc1cc(C(F)F)ccc1-c1nnc(N[C@@H]2CCCC[C@H]2O)c2c1COC2. The fourth-order valence-corrected chi connectivity index (χ4v) is 3.74. The molecule has 2 atom stereocenters.